The van der Waals surface area contributed by atoms with Gasteiger partial charge in [-0.1, -0.05) is 36.4 Å². The zero-order valence-electron chi connectivity index (χ0n) is 10.2. The van der Waals surface area contributed by atoms with Gasteiger partial charge in [-0.15, -0.1) is 0 Å². The van der Waals surface area contributed by atoms with Crippen molar-refractivity contribution >= 4 is 16.5 Å². The maximum atomic E-state index is 3.49. The van der Waals surface area contributed by atoms with E-state index in [4.69, 9.17) is 0 Å². The van der Waals surface area contributed by atoms with E-state index in [0.717, 1.165) is 19.6 Å². The van der Waals surface area contributed by atoms with Crippen molar-refractivity contribution in [1.82, 2.24) is 5.32 Å². The third-order valence-corrected chi connectivity index (χ3v) is 3.48. The second-order valence-corrected chi connectivity index (χ2v) is 4.80. The Bertz CT molecular complexity index is 516. The predicted molar refractivity (Wildman–Crippen MR) is 73.6 cm³/mol. The van der Waals surface area contributed by atoms with Gasteiger partial charge in [-0.05, 0) is 18.4 Å². The fraction of sp³-hybridized carbons (Fsp3) is 0.333. The molecule has 0 aromatic heterocycles. The molecule has 2 heteroatoms. The van der Waals surface area contributed by atoms with Crippen LogP contribution in [0.25, 0.3) is 10.8 Å². The molecule has 0 spiro atoms. The third-order valence-electron chi connectivity index (χ3n) is 3.48. The van der Waals surface area contributed by atoms with Crippen LogP contribution in [0.15, 0.2) is 42.5 Å². The highest BCUT2D eigenvalue weighted by Crippen LogP contribution is 2.27. The van der Waals surface area contributed by atoms with Gasteiger partial charge >= 0.3 is 0 Å². The molecule has 0 aliphatic carbocycles. The molecular formula is C15H18N2. The van der Waals surface area contributed by atoms with Gasteiger partial charge in [0.25, 0.3) is 0 Å². The quantitative estimate of drug-likeness (QED) is 0.804. The monoisotopic (exact) mass is 226 g/mol. The highest BCUT2D eigenvalue weighted by atomic mass is 15.2. The molecule has 1 fully saturated rings. The van der Waals surface area contributed by atoms with Gasteiger partial charge in [0.1, 0.15) is 0 Å². The number of anilines is 1. The molecule has 0 radical (unpaired) electrons. The van der Waals surface area contributed by atoms with Crippen molar-refractivity contribution in [2.45, 2.75) is 13.0 Å². The highest BCUT2D eigenvalue weighted by molar-refractivity contribution is 5.94. The molecule has 2 nitrogen and oxygen atoms in total. The normalized spacial score (nSPS) is 20.8. The minimum Gasteiger partial charge on any atom is -0.368 e. The molecule has 1 saturated heterocycles. The number of nitrogens with zero attached hydrogens (tertiary/aromatic N) is 1. The van der Waals surface area contributed by atoms with Crippen LogP contribution in [0.5, 0.6) is 0 Å². The van der Waals surface area contributed by atoms with Crippen LogP contribution in [0.2, 0.25) is 0 Å². The lowest BCUT2D eigenvalue weighted by molar-refractivity contribution is 0.485. The number of rotatable bonds is 1. The van der Waals surface area contributed by atoms with E-state index < -0.39 is 0 Å². The SMILES string of the molecule is C[C@@H]1CN(c2cccc3ccccc23)CCN1. The lowest BCUT2D eigenvalue weighted by atomic mass is 10.1. The third kappa shape index (κ3) is 2.01. The Labute approximate surface area is 102 Å². The van der Waals surface area contributed by atoms with Gasteiger partial charge in [0, 0.05) is 36.7 Å². The molecule has 0 bridgehead atoms. The summed E-state index contributed by atoms with van der Waals surface area (Å²) in [4.78, 5) is 2.49. The van der Waals surface area contributed by atoms with Gasteiger partial charge in [-0.3, -0.25) is 0 Å². The average Bonchev–Trinajstić information content (AvgIpc) is 2.38. The molecule has 2 aromatic rings. The first-order valence-corrected chi connectivity index (χ1v) is 6.31. The molecular weight excluding hydrogens is 208 g/mol. The van der Waals surface area contributed by atoms with Crippen LogP contribution in [-0.4, -0.2) is 25.7 Å². The van der Waals surface area contributed by atoms with Crippen LogP contribution >= 0.6 is 0 Å². The summed E-state index contributed by atoms with van der Waals surface area (Å²) in [5, 5.41) is 6.18. The maximum Gasteiger partial charge on any atom is 0.0446 e. The zero-order chi connectivity index (χ0) is 11.7. The molecule has 3 rings (SSSR count). The summed E-state index contributed by atoms with van der Waals surface area (Å²) >= 11 is 0. The van der Waals surface area contributed by atoms with Crippen molar-refractivity contribution in [3.8, 4) is 0 Å². The topological polar surface area (TPSA) is 15.3 Å². The molecule has 1 aliphatic rings. The number of piperazine rings is 1. The van der Waals surface area contributed by atoms with Gasteiger partial charge in [0.05, 0.1) is 0 Å². The Balaban J connectivity index is 2.04. The highest BCUT2D eigenvalue weighted by Gasteiger charge is 2.17. The van der Waals surface area contributed by atoms with Crippen molar-refractivity contribution in [3.63, 3.8) is 0 Å². The van der Waals surface area contributed by atoms with Crippen molar-refractivity contribution in [2.24, 2.45) is 0 Å². The number of hydrogen-bond acceptors (Lipinski definition) is 2. The van der Waals surface area contributed by atoms with E-state index in [-0.39, 0.29) is 0 Å². The van der Waals surface area contributed by atoms with Gasteiger partial charge in [0.15, 0.2) is 0 Å². The van der Waals surface area contributed by atoms with E-state index in [2.05, 4.69) is 59.6 Å². The van der Waals surface area contributed by atoms with Crippen LogP contribution in [0, 0.1) is 0 Å². The average molecular weight is 226 g/mol. The summed E-state index contributed by atoms with van der Waals surface area (Å²) in [6.07, 6.45) is 0. The Morgan fingerprint density at radius 2 is 1.94 bits per heavy atom. The fourth-order valence-electron chi connectivity index (χ4n) is 2.64. The molecule has 1 N–H and O–H groups in total. The molecule has 1 heterocycles. The second-order valence-electron chi connectivity index (χ2n) is 4.80. The molecule has 88 valence electrons. The molecule has 1 atom stereocenters. The Kier molecular flexibility index (Phi) is 2.73. The minimum atomic E-state index is 0.572. The molecule has 2 aromatic carbocycles. The molecule has 17 heavy (non-hydrogen) atoms. The van der Waals surface area contributed by atoms with Crippen LogP contribution in [0.3, 0.4) is 0 Å². The van der Waals surface area contributed by atoms with Gasteiger partial charge in [0.2, 0.25) is 0 Å². The van der Waals surface area contributed by atoms with E-state index in [9.17, 15) is 0 Å². The summed E-state index contributed by atoms with van der Waals surface area (Å²) in [6, 6.07) is 15.8. The number of benzene rings is 2. The van der Waals surface area contributed by atoms with Crippen LogP contribution in [-0.2, 0) is 0 Å². The second kappa shape index (κ2) is 4.38. The molecule has 1 aliphatic heterocycles. The van der Waals surface area contributed by atoms with Crippen LogP contribution in [0.4, 0.5) is 5.69 Å². The van der Waals surface area contributed by atoms with Crippen molar-refractivity contribution < 1.29 is 0 Å². The fourth-order valence-corrected chi connectivity index (χ4v) is 2.64. The summed E-state index contributed by atoms with van der Waals surface area (Å²) in [6.45, 7) is 5.51. The molecule has 0 amide bonds. The first kappa shape index (κ1) is 10.6. The van der Waals surface area contributed by atoms with Crippen LogP contribution < -0.4 is 10.2 Å². The van der Waals surface area contributed by atoms with Crippen molar-refractivity contribution in [1.29, 1.82) is 0 Å². The lowest BCUT2D eigenvalue weighted by Gasteiger charge is -2.34. The summed E-state index contributed by atoms with van der Waals surface area (Å²) in [7, 11) is 0. The van der Waals surface area contributed by atoms with Crippen molar-refractivity contribution in [2.75, 3.05) is 24.5 Å². The number of nitrogens with one attached hydrogen (secondary N) is 1. The standard InChI is InChI=1S/C15H18N2/c1-12-11-17(10-9-16-12)15-8-4-6-13-5-2-3-7-14(13)15/h2-8,12,16H,9-11H2,1H3/t12-/m1/s1. The van der Waals surface area contributed by atoms with E-state index >= 15 is 0 Å². The molecule has 0 saturated carbocycles. The molecule has 0 unspecified atom stereocenters. The number of fused-ring (bicyclic) bond motifs is 1. The largest absolute Gasteiger partial charge is 0.368 e. The van der Waals surface area contributed by atoms with Crippen molar-refractivity contribution in [3.05, 3.63) is 42.5 Å². The number of hydrogen-bond donors (Lipinski definition) is 1. The smallest absolute Gasteiger partial charge is 0.0446 e. The first-order chi connectivity index (χ1) is 8.34. The summed E-state index contributed by atoms with van der Waals surface area (Å²) < 4.78 is 0. The minimum absolute atomic E-state index is 0.572. The lowest BCUT2D eigenvalue weighted by Crippen LogP contribution is -2.49. The predicted octanol–water partition coefficient (Wildman–Crippen LogP) is 2.64. The Morgan fingerprint density at radius 1 is 1.12 bits per heavy atom. The van der Waals surface area contributed by atoms with E-state index in [0.29, 0.717) is 6.04 Å². The Hall–Kier alpha value is -1.54. The summed E-state index contributed by atoms with van der Waals surface area (Å²) in [5.41, 5.74) is 1.37. The van der Waals surface area contributed by atoms with E-state index in [1.165, 1.54) is 16.5 Å². The summed E-state index contributed by atoms with van der Waals surface area (Å²) in [5.74, 6) is 0. The van der Waals surface area contributed by atoms with Gasteiger partial charge in [-0.2, -0.15) is 0 Å². The van der Waals surface area contributed by atoms with E-state index in [1.54, 1.807) is 0 Å². The Morgan fingerprint density at radius 3 is 2.82 bits per heavy atom. The van der Waals surface area contributed by atoms with Gasteiger partial charge in [-0.25, -0.2) is 0 Å². The zero-order valence-corrected chi connectivity index (χ0v) is 10.2. The van der Waals surface area contributed by atoms with Gasteiger partial charge < -0.3 is 10.2 Å². The van der Waals surface area contributed by atoms with Crippen LogP contribution in [0.1, 0.15) is 6.92 Å². The first-order valence-electron chi connectivity index (χ1n) is 6.31. The maximum absolute atomic E-state index is 3.49. The van der Waals surface area contributed by atoms with E-state index in [1.807, 2.05) is 0 Å².